The number of Topliss-reactive ketones (excluding diaryl/α,β-unsaturated/α-hetero) is 2. The van der Waals surface area contributed by atoms with E-state index in [0.717, 1.165) is 16.9 Å². The topological polar surface area (TPSA) is 210 Å². The lowest BCUT2D eigenvalue weighted by Gasteiger charge is -2.47. The van der Waals surface area contributed by atoms with Gasteiger partial charge in [0.1, 0.15) is 17.9 Å². The average Bonchev–Trinajstić information content (AvgIpc) is 3.19. The predicted molar refractivity (Wildman–Crippen MR) is 216 cm³/mol. The molecule has 0 radical (unpaired) electrons. The van der Waals surface area contributed by atoms with Crippen LogP contribution in [-0.4, -0.2) is 136 Å². The number of carboxylic acid groups (broad SMARTS) is 1. The molecule has 58 heavy (non-hydrogen) atoms. The minimum atomic E-state index is -2.52. The smallest absolute Gasteiger partial charge is 0.326 e. The highest BCUT2D eigenvalue weighted by Gasteiger charge is 2.56. The van der Waals surface area contributed by atoms with E-state index in [1.165, 1.54) is 14.2 Å². The largest absolute Gasteiger partial charge is 0.480 e. The second-order valence-electron chi connectivity index (χ2n) is 17.2. The molecule has 1 amide bonds. The van der Waals surface area contributed by atoms with E-state index < -0.39 is 83.9 Å². The maximum absolute atomic E-state index is 13.7. The number of aliphatic carboxylic acids is 1. The zero-order valence-electron chi connectivity index (χ0n) is 35.9. The van der Waals surface area contributed by atoms with Crippen LogP contribution in [0.15, 0.2) is 36.0 Å². The summed E-state index contributed by atoms with van der Waals surface area (Å²) in [6, 6.07) is -1.16. The van der Waals surface area contributed by atoms with Crippen molar-refractivity contribution in [2.45, 2.75) is 160 Å². The van der Waals surface area contributed by atoms with Crippen molar-refractivity contribution in [2.24, 2.45) is 29.6 Å². The fourth-order valence-electron chi connectivity index (χ4n) is 9.04. The Morgan fingerprint density at radius 1 is 0.983 bits per heavy atom. The number of nitrogens with zero attached hydrogens (tertiary/aromatic N) is 1. The Morgan fingerprint density at radius 3 is 2.26 bits per heavy atom. The van der Waals surface area contributed by atoms with Crippen LogP contribution in [0, 0.1) is 29.6 Å². The first-order valence-electron chi connectivity index (χ1n) is 20.9. The van der Waals surface area contributed by atoms with Crippen molar-refractivity contribution in [3.05, 3.63) is 36.0 Å². The highest BCUT2D eigenvalue weighted by Crippen LogP contribution is 2.39. The number of ether oxygens (including phenoxy) is 4. The van der Waals surface area contributed by atoms with Crippen LogP contribution in [0.4, 0.5) is 0 Å². The molecule has 0 unspecified atom stereocenters. The van der Waals surface area contributed by atoms with Crippen LogP contribution in [-0.2, 0) is 38.1 Å². The molecule has 2 heterocycles. The molecule has 0 aromatic heterocycles. The lowest BCUT2D eigenvalue weighted by molar-refractivity contribution is -0.302. The van der Waals surface area contributed by atoms with E-state index >= 15 is 0 Å². The van der Waals surface area contributed by atoms with Crippen LogP contribution in [0.5, 0.6) is 0 Å². The Labute approximate surface area is 344 Å². The normalized spacial score (nSPS) is 31.7. The third kappa shape index (κ3) is 12.6. The van der Waals surface area contributed by atoms with Gasteiger partial charge in [0, 0.05) is 52.0 Å². The number of likely N-dealkylation sites (tertiary alicyclic amines) is 1. The molecule has 14 nitrogen and oxygen atoms in total. The third-order valence-electron chi connectivity index (χ3n) is 12.7. The van der Waals surface area contributed by atoms with Gasteiger partial charge < -0.3 is 49.4 Å². The number of carbonyl (C=O) groups excluding carboxylic acids is 3. The van der Waals surface area contributed by atoms with Crippen molar-refractivity contribution in [1.29, 1.82) is 0 Å². The summed E-state index contributed by atoms with van der Waals surface area (Å²) in [6.07, 6.45) is 5.25. The Bertz CT molecular complexity index is 1460. The van der Waals surface area contributed by atoms with Crippen molar-refractivity contribution < 1.29 is 63.7 Å². The van der Waals surface area contributed by atoms with Crippen molar-refractivity contribution in [3.8, 4) is 0 Å². The number of amides is 1. The highest BCUT2D eigenvalue weighted by molar-refractivity contribution is 6.39. The number of carbonyl (C=O) groups is 4. The third-order valence-corrected chi connectivity index (χ3v) is 12.7. The molecule has 0 spiro atoms. The quantitative estimate of drug-likeness (QED) is 0.0815. The maximum Gasteiger partial charge on any atom is 0.326 e. The van der Waals surface area contributed by atoms with E-state index in [9.17, 15) is 44.7 Å². The van der Waals surface area contributed by atoms with E-state index in [4.69, 9.17) is 18.9 Å². The molecule has 0 aromatic rings. The van der Waals surface area contributed by atoms with Crippen molar-refractivity contribution in [2.75, 3.05) is 27.9 Å². The maximum atomic E-state index is 13.7. The number of ketones is 2. The first kappa shape index (κ1) is 49.5. The fraction of sp³-hybridized carbons (Fsp3) is 0.773. The van der Waals surface area contributed by atoms with Crippen molar-refractivity contribution in [3.63, 3.8) is 0 Å². The van der Waals surface area contributed by atoms with Gasteiger partial charge in [-0.1, -0.05) is 44.6 Å². The minimum absolute atomic E-state index is 0.0432. The molecule has 2 aliphatic heterocycles. The van der Waals surface area contributed by atoms with E-state index in [1.54, 1.807) is 27.0 Å². The summed E-state index contributed by atoms with van der Waals surface area (Å²) in [5.74, 6) is -8.12. The fourth-order valence-corrected chi connectivity index (χ4v) is 9.04. The van der Waals surface area contributed by atoms with Crippen LogP contribution in [0.2, 0.25) is 0 Å². The molecule has 1 saturated carbocycles. The molecule has 3 rings (SSSR count). The predicted octanol–water partition coefficient (Wildman–Crippen LogP) is 4.16. The second-order valence-corrected chi connectivity index (χ2v) is 17.2. The van der Waals surface area contributed by atoms with Crippen molar-refractivity contribution >= 4 is 23.4 Å². The molecule has 14 heteroatoms. The zero-order chi connectivity index (χ0) is 43.5. The molecular formula is C44H71NO13. The molecule has 3 fully saturated rings. The van der Waals surface area contributed by atoms with Crippen LogP contribution >= 0.6 is 0 Å². The number of piperidine rings is 1. The van der Waals surface area contributed by atoms with E-state index in [2.05, 4.69) is 6.58 Å². The lowest BCUT2D eigenvalue weighted by atomic mass is 9.81. The number of methoxy groups -OCH3 is 3. The Kier molecular flexibility index (Phi) is 19.4. The molecule has 3 aliphatic rings. The molecule has 330 valence electrons. The van der Waals surface area contributed by atoms with Gasteiger partial charge in [-0.3, -0.25) is 14.4 Å². The molecule has 2 saturated heterocycles. The molecule has 0 aromatic carbocycles. The van der Waals surface area contributed by atoms with Gasteiger partial charge in [-0.15, -0.1) is 6.58 Å². The van der Waals surface area contributed by atoms with Crippen molar-refractivity contribution in [1.82, 2.24) is 4.90 Å². The average molecular weight is 822 g/mol. The van der Waals surface area contributed by atoms with Gasteiger partial charge in [0.05, 0.1) is 36.6 Å². The van der Waals surface area contributed by atoms with E-state index in [1.807, 2.05) is 32.9 Å². The minimum Gasteiger partial charge on any atom is -0.480 e. The molecule has 1 aliphatic carbocycles. The van der Waals surface area contributed by atoms with Crippen LogP contribution in [0.1, 0.15) is 105 Å². The van der Waals surface area contributed by atoms with Gasteiger partial charge in [-0.2, -0.15) is 0 Å². The number of allylic oxidation sites excluding steroid dienone is 4. The van der Waals surface area contributed by atoms with Gasteiger partial charge in [0.15, 0.2) is 0 Å². The number of hydrogen-bond donors (Lipinski definition) is 5. The van der Waals surface area contributed by atoms with Gasteiger partial charge >= 0.3 is 5.97 Å². The molecule has 5 N–H and O–H groups in total. The van der Waals surface area contributed by atoms with Crippen LogP contribution in [0.25, 0.3) is 0 Å². The number of aliphatic hydroxyl groups excluding tert-OH is 3. The van der Waals surface area contributed by atoms with Crippen LogP contribution < -0.4 is 0 Å². The lowest BCUT2D eigenvalue weighted by Crippen LogP contribution is -2.64. The summed E-state index contributed by atoms with van der Waals surface area (Å²) in [7, 11) is 4.56. The van der Waals surface area contributed by atoms with E-state index in [0.29, 0.717) is 50.5 Å². The second kappa shape index (κ2) is 22.7. The molecular weight excluding hydrogens is 750 g/mol. The Balaban J connectivity index is 1.66. The van der Waals surface area contributed by atoms with Gasteiger partial charge in [0.2, 0.25) is 5.79 Å². The van der Waals surface area contributed by atoms with E-state index in [-0.39, 0.29) is 49.5 Å². The molecule has 14 atom stereocenters. The standard InChI is InChI=1S/C44H71NO13/c1-10-13-31(35(48)24-34(47)29(6)39(49)27(4)21-30-15-16-33(46)36(23-30)55-7)19-25(2)18-26(3)20-37(56-8)40-38(57-9)22-28(5)44(54,58-40)41(50)42(51)45-17-12-11-14-32(45)43(52)53/h10,19,21,26,28-34,36-40,46-47,49,54H,1,11-18,20,22-24H2,2-9H3,(H,52,53)/b25-19+,27-21+/t26-,28+,29+,30-,31+,32-,33+,34-,36+,37-,38-,39+,40+,44+/m0/s1. The first-order valence-corrected chi connectivity index (χ1v) is 20.9. The summed E-state index contributed by atoms with van der Waals surface area (Å²) in [5, 5.41) is 53.8. The highest BCUT2D eigenvalue weighted by atomic mass is 16.7. The number of rotatable bonds is 21. The zero-order valence-corrected chi connectivity index (χ0v) is 35.9. The SMILES string of the molecule is C=CC[C@H](/C=C(\C)C[C@H](C)C[C@H](OC)[C@H]1O[C@@](O)(C(=O)C(=O)N2CCCC[C@H]2C(=O)O)[C@H](C)C[C@@H]1OC)C(=O)C[C@H](O)[C@@H](C)[C@H](O)/C(C)=C/[C@@H]1CC[C@@H](O)[C@H](OC)C1. The Morgan fingerprint density at radius 2 is 1.66 bits per heavy atom. The van der Waals surface area contributed by atoms with Gasteiger partial charge in [-0.25, -0.2) is 4.79 Å². The summed E-state index contributed by atoms with van der Waals surface area (Å²) < 4.78 is 23.1. The summed E-state index contributed by atoms with van der Waals surface area (Å²) >= 11 is 0. The van der Waals surface area contributed by atoms with Gasteiger partial charge in [0.25, 0.3) is 11.7 Å². The summed E-state index contributed by atoms with van der Waals surface area (Å²) in [6.45, 7) is 13.0. The Hall–Kier alpha value is -2.82. The molecule has 0 bridgehead atoms. The van der Waals surface area contributed by atoms with Crippen LogP contribution in [0.3, 0.4) is 0 Å². The monoisotopic (exact) mass is 821 g/mol. The van der Waals surface area contributed by atoms with Gasteiger partial charge in [-0.05, 0) is 95.5 Å². The number of aliphatic hydroxyl groups is 4. The number of hydrogen-bond acceptors (Lipinski definition) is 12. The first-order chi connectivity index (χ1) is 27.3. The summed E-state index contributed by atoms with van der Waals surface area (Å²) in [4.78, 5) is 53.6. The number of carboxylic acids is 1. The summed E-state index contributed by atoms with van der Waals surface area (Å²) in [5.41, 5.74) is 1.63.